The van der Waals surface area contributed by atoms with Crippen molar-refractivity contribution in [1.82, 2.24) is 18.7 Å². The Bertz CT molecular complexity index is 1280. The van der Waals surface area contributed by atoms with Crippen molar-refractivity contribution in [2.75, 3.05) is 11.9 Å². The van der Waals surface area contributed by atoms with Crippen molar-refractivity contribution < 1.29 is 5.11 Å². The molecule has 0 saturated carbocycles. The van der Waals surface area contributed by atoms with Gasteiger partial charge in [-0.05, 0) is 11.5 Å². The molecule has 4 aromatic rings. The van der Waals surface area contributed by atoms with Gasteiger partial charge in [0, 0.05) is 31.7 Å². The van der Waals surface area contributed by atoms with E-state index in [1.807, 2.05) is 42.5 Å². The van der Waals surface area contributed by atoms with Crippen LogP contribution in [0.25, 0.3) is 21.9 Å². The molecule has 8 heteroatoms. The molecular formula is C20H21N5O3. The zero-order valence-electron chi connectivity index (χ0n) is 15.7. The average molecular weight is 379 g/mol. The van der Waals surface area contributed by atoms with Gasteiger partial charge in [0.2, 0.25) is 0 Å². The molecule has 0 fully saturated rings. The second-order valence-corrected chi connectivity index (χ2v) is 6.84. The number of aliphatic hydroxyl groups excluding tert-OH is 1. The van der Waals surface area contributed by atoms with Gasteiger partial charge >= 0.3 is 5.69 Å². The van der Waals surface area contributed by atoms with Gasteiger partial charge in [-0.3, -0.25) is 13.9 Å². The topological polar surface area (TPSA) is 94.1 Å². The van der Waals surface area contributed by atoms with Gasteiger partial charge in [0.1, 0.15) is 0 Å². The Morgan fingerprint density at radius 2 is 1.82 bits per heavy atom. The van der Waals surface area contributed by atoms with Crippen LogP contribution in [-0.2, 0) is 20.6 Å². The van der Waals surface area contributed by atoms with Crippen molar-refractivity contribution >= 4 is 27.6 Å². The smallest absolute Gasteiger partial charge is 0.332 e. The molecule has 1 unspecified atom stereocenters. The number of fused-ring (bicyclic) bond motifs is 2. The van der Waals surface area contributed by atoms with Crippen LogP contribution in [0, 0.1) is 0 Å². The van der Waals surface area contributed by atoms with Crippen LogP contribution in [0.1, 0.15) is 0 Å². The molecule has 2 aromatic carbocycles. The highest BCUT2D eigenvalue weighted by Gasteiger charge is 2.16. The molecule has 8 nitrogen and oxygen atoms in total. The third-order valence-corrected chi connectivity index (χ3v) is 4.94. The normalized spacial score (nSPS) is 12.5. The van der Waals surface area contributed by atoms with E-state index in [1.165, 1.54) is 17.9 Å². The molecule has 0 aliphatic carbocycles. The molecule has 2 N–H and O–H groups in total. The Morgan fingerprint density at radius 3 is 2.64 bits per heavy atom. The minimum absolute atomic E-state index is 0.182. The van der Waals surface area contributed by atoms with Crippen molar-refractivity contribution in [3.05, 3.63) is 69.6 Å². The summed E-state index contributed by atoms with van der Waals surface area (Å²) in [5, 5.41) is 16.0. The van der Waals surface area contributed by atoms with Crippen LogP contribution in [0.2, 0.25) is 0 Å². The van der Waals surface area contributed by atoms with Gasteiger partial charge in [-0.2, -0.15) is 0 Å². The molecule has 144 valence electrons. The predicted octanol–water partition coefficient (Wildman–Crippen LogP) is 1.06. The number of aliphatic hydroxyl groups is 1. The van der Waals surface area contributed by atoms with E-state index in [0.717, 1.165) is 21.0 Å². The second-order valence-electron chi connectivity index (χ2n) is 6.84. The van der Waals surface area contributed by atoms with Crippen molar-refractivity contribution in [2.45, 2.75) is 12.6 Å². The summed E-state index contributed by atoms with van der Waals surface area (Å²) in [5.74, 6) is 0. The monoisotopic (exact) mass is 379 g/mol. The maximum absolute atomic E-state index is 12.5. The van der Waals surface area contributed by atoms with Gasteiger partial charge in [-0.1, -0.05) is 36.4 Å². The molecule has 0 saturated heterocycles. The molecule has 0 bridgehead atoms. The minimum Gasteiger partial charge on any atom is -0.389 e. The van der Waals surface area contributed by atoms with Gasteiger partial charge in [0.25, 0.3) is 5.56 Å². The quantitative estimate of drug-likeness (QED) is 0.541. The lowest BCUT2D eigenvalue weighted by Gasteiger charge is -2.15. The molecule has 0 amide bonds. The molecule has 0 spiro atoms. The average Bonchev–Trinajstić information content (AvgIpc) is 3.12. The van der Waals surface area contributed by atoms with Crippen LogP contribution < -0.4 is 16.6 Å². The van der Waals surface area contributed by atoms with E-state index in [1.54, 1.807) is 11.6 Å². The first kappa shape index (κ1) is 18.0. The van der Waals surface area contributed by atoms with Crippen LogP contribution in [0.5, 0.6) is 0 Å². The number of hydrogen-bond donors (Lipinski definition) is 2. The highest BCUT2D eigenvalue weighted by Crippen LogP contribution is 2.22. The number of benzene rings is 2. The second kappa shape index (κ2) is 6.97. The van der Waals surface area contributed by atoms with Gasteiger partial charge in [-0.15, -0.1) is 0 Å². The largest absolute Gasteiger partial charge is 0.389 e. The summed E-state index contributed by atoms with van der Waals surface area (Å²) >= 11 is 0. The summed E-state index contributed by atoms with van der Waals surface area (Å²) < 4.78 is 3.96. The fraction of sp³-hybridized carbons (Fsp3) is 0.250. The number of nitrogens with one attached hydrogen (secondary N) is 1. The first-order valence-electron chi connectivity index (χ1n) is 8.98. The van der Waals surface area contributed by atoms with Gasteiger partial charge in [0.05, 0.1) is 19.0 Å². The molecular weight excluding hydrogens is 358 g/mol. The number of imidazole rings is 1. The standard InChI is InChI=1S/C20H21N5O3/c1-23-18-17(19(27)24(2)20(23)28)25(12-22-18)11-14(26)10-21-16-9-5-7-13-6-3-4-8-15(13)16/h3-9,12,14,21,26H,10-11H2,1-2H3. The summed E-state index contributed by atoms with van der Waals surface area (Å²) in [7, 11) is 3.00. The zero-order chi connectivity index (χ0) is 19.8. The summed E-state index contributed by atoms with van der Waals surface area (Å²) in [4.78, 5) is 28.7. The summed E-state index contributed by atoms with van der Waals surface area (Å²) in [6.07, 6.45) is 0.727. The van der Waals surface area contributed by atoms with Gasteiger partial charge in [0.15, 0.2) is 11.2 Å². The van der Waals surface area contributed by atoms with Gasteiger partial charge < -0.3 is 15.0 Å². The zero-order valence-corrected chi connectivity index (χ0v) is 15.7. The van der Waals surface area contributed by atoms with Crippen molar-refractivity contribution in [1.29, 1.82) is 0 Å². The third-order valence-electron chi connectivity index (χ3n) is 4.94. The molecule has 1 atom stereocenters. The Hall–Kier alpha value is -3.39. The molecule has 0 radical (unpaired) electrons. The Balaban J connectivity index is 1.57. The molecule has 0 aliphatic heterocycles. The van der Waals surface area contributed by atoms with Crippen LogP contribution in [-0.4, -0.2) is 36.4 Å². The highest BCUT2D eigenvalue weighted by atomic mass is 16.3. The fourth-order valence-corrected chi connectivity index (χ4v) is 3.43. The van der Waals surface area contributed by atoms with E-state index >= 15 is 0 Å². The molecule has 28 heavy (non-hydrogen) atoms. The van der Waals surface area contributed by atoms with Crippen LogP contribution in [0.3, 0.4) is 0 Å². The Morgan fingerprint density at radius 1 is 1.07 bits per heavy atom. The number of nitrogens with zero attached hydrogens (tertiary/aromatic N) is 4. The maximum atomic E-state index is 12.5. The fourth-order valence-electron chi connectivity index (χ4n) is 3.43. The lowest BCUT2D eigenvalue weighted by molar-refractivity contribution is 0.168. The number of hydrogen-bond acceptors (Lipinski definition) is 5. The van der Waals surface area contributed by atoms with Gasteiger partial charge in [-0.25, -0.2) is 9.78 Å². The first-order chi connectivity index (χ1) is 13.5. The summed E-state index contributed by atoms with van der Waals surface area (Å²) in [6, 6.07) is 14.0. The van der Waals surface area contributed by atoms with Crippen molar-refractivity contribution in [3.63, 3.8) is 0 Å². The van der Waals surface area contributed by atoms with E-state index in [4.69, 9.17) is 0 Å². The van der Waals surface area contributed by atoms with Crippen molar-refractivity contribution in [3.8, 4) is 0 Å². The molecule has 2 aromatic heterocycles. The van der Waals surface area contributed by atoms with E-state index in [-0.39, 0.29) is 6.54 Å². The van der Waals surface area contributed by atoms with E-state index in [2.05, 4.69) is 10.3 Å². The number of rotatable bonds is 5. The van der Waals surface area contributed by atoms with E-state index < -0.39 is 17.4 Å². The van der Waals surface area contributed by atoms with Crippen LogP contribution in [0.15, 0.2) is 58.4 Å². The molecule has 4 rings (SSSR count). The van der Waals surface area contributed by atoms with Crippen molar-refractivity contribution in [2.24, 2.45) is 14.1 Å². The first-order valence-corrected chi connectivity index (χ1v) is 8.98. The SMILES string of the molecule is Cn1c(=O)c2c(ncn2CC(O)CNc2cccc3ccccc23)n(C)c1=O. The lowest BCUT2D eigenvalue weighted by atomic mass is 10.1. The minimum atomic E-state index is -0.752. The highest BCUT2D eigenvalue weighted by molar-refractivity contribution is 5.93. The number of anilines is 1. The number of aryl methyl sites for hydroxylation is 1. The molecule has 0 aliphatic rings. The third kappa shape index (κ3) is 2.97. The summed E-state index contributed by atoms with van der Waals surface area (Å²) in [6.45, 7) is 0.488. The van der Waals surface area contributed by atoms with Crippen LogP contribution >= 0.6 is 0 Å². The predicted molar refractivity (Wildman–Crippen MR) is 109 cm³/mol. The van der Waals surface area contributed by atoms with E-state index in [0.29, 0.717) is 17.7 Å². The van der Waals surface area contributed by atoms with E-state index in [9.17, 15) is 14.7 Å². The number of aromatic nitrogens is 4. The lowest BCUT2D eigenvalue weighted by Crippen LogP contribution is -2.38. The Kier molecular flexibility index (Phi) is 4.48. The molecule has 2 heterocycles. The van der Waals surface area contributed by atoms with Crippen LogP contribution in [0.4, 0.5) is 5.69 Å². The maximum Gasteiger partial charge on any atom is 0.332 e. The Labute approximate surface area is 160 Å². The summed E-state index contributed by atoms with van der Waals surface area (Å²) in [5.41, 5.74) is 0.688.